The fourth-order valence-electron chi connectivity index (χ4n) is 4.01. The van der Waals surface area contributed by atoms with E-state index in [0.717, 1.165) is 43.3 Å². The van der Waals surface area contributed by atoms with Gasteiger partial charge in [0.1, 0.15) is 11.4 Å². The van der Waals surface area contributed by atoms with Crippen LogP contribution < -0.4 is 11.3 Å². The van der Waals surface area contributed by atoms with Gasteiger partial charge in [0, 0.05) is 38.3 Å². The van der Waals surface area contributed by atoms with Gasteiger partial charge in [-0.3, -0.25) is 4.79 Å². The molecule has 3 heterocycles. The number of aromatic amines is 1. The Morgan fingerprint density at radius 3 is 2.76 bits per heavy atom. The first-order chi connectivity index (χ1) is 14.0. The molecule has 1 aromatic heterocycles. The third-order valence-electron chi connectivity index (χ3n) is 5.67. The highest BCUT2D eigenvalue weighted by Gasteiger charge is 2.26. The van der Waals surface area contributed by atoms with Crippen LogP contribution in [0, 0.1) is 5.82 Å². The van der Waals surface area contributed by atoms with E-state index in [0.29, 0.717) is 11.9 Å². The number of piperazine rings is 1. The first-order valence-electron chi connectivity index (χ1n) is 9.63. The van der Waals surface area contributed by atoms with Crippen molar-refractivity contribution in [1.29, 1.82) is 0 Å². The van der Waals surface area contributed by atoms with Crippen molar-refractivity contribution >= 4 is 28.1 Å². The average molecular weight is 392 g/mol. The van der Waals surface area contributed by atoms with Crippen LogP contribution in [-0.2, 0) is 0 Å². The summed E-state index contributed by atoms with van der Waals surface area (Å²) in [6.45, 7) is 3.96. The Morgan fingerprint density at radius 1 is 1.17 bits per heavy atom. The SMILES string of the molecule is CN1CCN(C2=CCC3=NC(c4c(N)c5c(F)cccc5[nH]c4=O)=NC3=C2)CC1. The van der Waals surface area contributed by atoms with Gasteiger partial charge in [-0.25, -0.2) is 14.4 Å². The van der Waals surface area contributed by atoms with E-state index in [2.05, 4.69) is 37.9 Å². The molecule has 3 N–H and O–H groups in total. The lowest BCUT2D eigenvalue weighted by atomic mass is 10.1. The molecule has 0 amide bonds. The number of allylic oxidation sites excluding steroid dienone is 3. The molecule has 7 nitrogen and oxygen atoms in total. The van der Waals surface area contributed by atoms with Crippen molar-refractivity contribution in [1.82, 2.24) is 14.8 Å². The number of benzene rings is 1. The first-order valence-corrected chi connectivity index (χ1v) is 9.63. The number of aromatic nitrogens is 1. The van der Waals surface area contributed by atoms with Crippen LogP contribution in [0.3, 0.4) is 0 Å². The summed E-state index contributed by atoms with van der Waals surface area (Å²) in [4.78, 5) is 29.1. The van der Waals surface area contributed by atoms with Crippen LogP contribution in [0.15, 0.2) is 56.5 Å². The number of aliphatic imine (C=N–C) groups is 2. The third kappa shape index (κ3) is 2.96. The maximum absolute atomic E-state index is 14.3. The number of pyridine rings is 1. The number of anilines is 1. The van der Waals surface area contributed by atoms with Crippen molar-refractivity contribution in [3.05, 3.63) is 63.5 Å². The normalized spacial score (nSPS) is 19.6. The maximum Gasteiger partial charge on any atom is 0.261 e. The molecule has 0 unspecified atom stereocenters. The van der Waals surface area contributed by atoms with Crippen LogP contribution in [0.4, 0.5) is 10.1 Å². The van der Waals surface area contributed by atoms with E-state index in [1.54, 1.807) is 6.07 Å². The summed E-state index contributed by atoms with van der Waals surface area (Å²) in [6.07, 6.45) is 4.78. The van der Waals surface area contributed by atoms with Crippen LogP contribution in [0.1, 0.15) is 12.0 Å². The monoisotopic (exact) mass is 392 g/mol. The van der Waals surface area contributed by atoms with Crippen molar-refractivity contribution < 1.29 is 4.39 Å². The highest BCUT2D eigenvalue weighted by molar-refractivity contribution is 6.21. The summed E-state index contributed by atoms with van der Waals surface area (Å²) in [6, 6.07) is 4.47. The molecule has 2 aromatic rings. The number of likely N-dealkylation sites (N-methyl/N-ethyl adjacent to an activating group) is 1. The summed E-state index contributed by atoms with van der Waals surface area (Å²) in [5, 5.41) is 0.185. The highest BCUT2D eigenvalue weighted by atomic mass is 19.1. The Balaban J connectivity index is 1.53. The Morgan fingerprint density at radius 2 is 1.97 bits per heavy atom. The van der Waals surface area contributed by atoms with Gasteiger partial charge >= 0.3 is 0 Å². The van der Waals surface area contributed by atoms with Crippen LogP contribution in [-0.4, -0.2) is 59.6 Å². The first kappa shape index (κ1) is 17.8. The molecule has 148 valence electrons. The van der Waals surface area contributed by atoms with Gasteiger partial charge in [-0.05, 0) is 25.3 Å². The standard InChI is InChI=1S/C21H21FN6O/c1-27-7-9-28(10-8-27)12-5-6-14-16(11-12)25-20(24-14)18-19(23)17-13(22)3-2-4-15(17)26-21(18)29/h2-5,11H,6-10H2,1H3,(H3,23,26,29). The summed E-state index contributed by atoms with van der Waals surface area (Å²) < 4.78 is 14.3. The molecule has 5 rings (SSSR count). The predicted molar refractivity (Wildman–Crippen MR) is 113 cm³/mol. The van der Waals surface area contributed by atoms with Crippen molar-refractivity contribution in [2.45, 2.75) is 6.42 Å². The van der Waals surface area contributed by atoms with Gasteiger partial charge in [0.2, 0.25) is 0 Å². The van der Waals surface area contributed by atoms with Gasteiger partial charge in [-0.2, -0.15) is 0 Å². The fourth-order valence-corrected chi connectivity index (χ4v) is 4.01. The Kier molecular flexibility index (Phi) is 4.09. The van der Waals surface area contributed by atoms with Crippen molar-refractivity contribution in [3.63, 3.8) is 0 Å². The molecule has 1 fully saturated rings. The van der Waals surface area contributed by atoms with E-state index < -0.39 is 11.4 Å². The molecule has 0 spiro atoms. The molecular weight excluding hydrogens is 371 g/mol. The van der Waals surface area contributed by atoms with Crippen LogP contribution in [0.25, 0.3) is 10.9 Å². The van der Waals surface area contributed by atoms with Crippen LogP contribution in [0.5, 0.6) is 0 Å². The zero-order valence-electron chi connectivity index (χ0n) is 16.1. The molecule has 2 aliphatic heterocycles. The number of amidine groups is 1. The fraction of sp³-hybridized carbons (Fsp3) is 0.286. The maximum atomic E-state index is 14.3. The lowest BCUT2D eigenvalue weighted by Gasteiger charge is -2.35. The molecular formula is C21H21FN6O. The Bertz CT molecular complexity index is 1200. The lowest BCUT2D eigenvalue weighted by molar-refractivity contribution is 0.190. The second-order valence-electron chi connectivity index (χ2n) is 7.55. The zero-order valence-corrected chi connectivity index (χ0v) is 16.1. The average Bonchev–Trinajstić information content (AvgIpc) is 3.11. The molecule has 0 saturated carbocycles. The molecule has 0 radical (unpaired) electrons. The smallest absolute Gasteiger partial charge is 0.261 e. The molecule has 29 heavy (non-hydrogen) atoms. The molecule has 3 aliphatic rings. The van der Waals surface area contributed by atoms with E-state index >= 15 is 0 Å². The van der Waals surface area contributed by atoms with E-state index in [4.69, 9.17) is 5.73 Å². The number of nitrogen functional groups attached to an aromatic ring is 1. The van der Waals surface area contributed by atoms with Crippen molar-refractivity contribution in [2.24, 2.45) is 9.98 Å². The summed E-state index contributed by atoms with van der Waals surface area (Å²) in [5.41, 5.74) is 8.98. The quantitative estimate of drug-likeness (QED) is 0.817. The van der Waals surface area contributed by atoms with Crippen LogP contribution >= 0.6 is 0 Å². The Labute approximate surface area is 166 Å². The molecule has 1 aliphatic carbocycles. The molecule has 8 heteroatoms. The predicted octanol–water partition coefficient (Wildman–Crippen LogP) is 1.87. The summed E-state index contributed by atoms with van der Waals surface area (Å²) in [5.74, 6) is -0.248. The molecule has 1 saturated heterocycles. The Hall–Kier alpha value is -3.26. The minimum absolute atomic E-state index is 0.0662. The van der Waals surface area contributed by atoms with E-state index in [1.165, 1.54) is 12.1 Å². The van der Waals surface area contributed by atoms with Gasteiger partial charge in [0.25, 0.3) is 5.56 Å². The number of nitrogens with two attached hydrogens (primary N) is 1. The zero-order chi connectivity index (χ0) is 20.1. The van der Waals surface area contributed by atoms with Gasteiger partial charge in [-0.15, -0.1) is 0 Å². The van der Waals surface area contributed by atoms with Gasteiger partial charge in [0.15, 0.2) is 5.84 Å². The van der Waals surface area contributed by atoms with Crippen molar-refractivity contribution in [3.8, 4) is 0 Å². The number of rotatable bonds is 2. The topological polar surface area (TPSA) is 90.1 Å². The number of hydrogen-bond acceptors (Lipinski definition) is 6. The minimum atomic E-state index is -0.487. The van der Waals surface area contributed by atoms with Gasteiger partial charge in [0.05, 0.1) is 28.0 Å². The van der Waals surface area contributed by atoms with Gasteiger partial charge in [-0.1, -0.05) is 12.1 Å². The highest BCUT2D eigenvalue weighted by Crippen LogP contribution is 2.29. The second-order valence-corrected chi connectivity index (χ2v) is 7.55. The molecule has 0 bridgehead atoms. The number of nitrogens with zero attached hydrogens (tertiary/aromatic N) is 4. The van der Waals surface area contributed by atoms with Crippen LogP contribution in [0.2, 0.25) is 0 Å². The third-order valence-corrected chi connectivity index (χ3v) is 5.67. The minimum Gasteiger partial charge on any atom is -0.397 e. The number of hydrogen-bond donors (Lipinski definition) is 2. The van der Waals surface area contributed by atoms with Crippen molar-refractivity contribution in [2.75, 3.05) is 39.0 Å². The summed E-state index contributed by atoms with van der Waals surface area (Å²) >= 11 is 0. The van der Waals surface area contributed by atoms with E-state index in [-0.39, 0.29) is 22.5 Å². The van der Waals surface area contributed by atoms with E-state index in [1.807, 2.05) is 6.08 Å². The largest absolute Gasteiger partial charge is 0.397 e. The number of nitrogens with one attached hydrogen (secondary N) is 1. The van der Waals surface area contributed by atoms with Gasteiger partial charge < -0.3 is 20.5 Å². The number of halogens is 1. The summed E-state index contributed by atoms with van der Waals surface area (Å²) in [7, 11) is 2.12. The molecule has 0 atom stereocenters. The lowest BCUT2D eigenvalue weighted by Crippen LogP contribution is -2.43. The van der Waals surface area contributed by atoms with E-state index in [9.17, 15) is 9.18 Å². The molecule has 1 aromatic carbocycles. The number of fused-ring (bicyclic) bond motifs is 2. The second kappa shape index (κ2) is 6.66. The number of H-pyrrole nitrogens is 1.